The van der Waals surface area contributed by atoms with Crippen molar-refractivity contribution in [3.05, 3.63) is 34.6 Å². The summed E-state index contributed by atoms with van der Waals surface area (Å²) in [6.45, 7) is 2.27. The maximum Gasteiger partial charge on any atom is 0.223 e. The second-order valence-corrected chi connectivity index (χ2v) is 5.81. The van der Waals surface area contributed by atoms with E-state index >= 15 is 0 Å². The molecular weight excluding hydrogens is 279 g/mol. The average Bonchev–Trinajstić information content (AvgIpc) is 2.86. The molecule has 1 saturated carbocycles. The van der Waals surface area contributed by atoms with Gasteiger partial charge in [0.15, 0.2) is 0 Å². The first-order valence-electron chi connectivity index (χ1n) is 6.99. The molecule has 2 rings (SSSR count). The summed E-state index contributed by atoms with van der Waals surface area (Å²) in [6, 6.07) is 4.08. The SMILES string of the molecule is CC(NC(=O)[C@@H]1CCC[C@@H]1CN)c1c(F)cccc1Cl. The molecule has 0 saturated heterocycles. The van der Waals surface area contributed by atoms with Crippen LogP contribution in [0.15, 0.2) is 18.2 Å². The van der Waals surface area contributed by atoms with Crippen molar-refractivity contribution in [2.24, 2.45) is 17.6 Å². The summed E-state index contributed by atoms with van der Waals surface area (Å²) < 4.78 is 13.8. The Labute approximate surface area is 123 Å². The predicted octanol–water partition coefficient (Wildman–Crippen LogP) is 3.03. The summed E-state index contributed by atoms with van der Waals surface area (Å²) in [4.78, 5) is 12.3. The monoisotopic (exact) mass is 298 g/mol. The molecule has 5 heteroatoms. The Balaban J connectivity index is 2.08. The van der Waals surface area contributed by atoms with Crippen LogP contribution < -0.4 is 11.1 Å². The van der Waals surface area contributed by atoms with Crippen molar-refractivity contribution < 1.29 is 9.18 Å². The van der Waals surface area contributed by atoms with Crippen LogP contribution in [0.3, 0.4) is 0 Å². The first-order chi connectivity index (χ1) is 9.54. The molecule has 0 aromatic heterocycles. The molecule has 20 heavy (non-hydrogen) atoms. The third kappa shape index (κ3) is 3.13. The zero-order chi connectivity index (χ0) is 14.7. The number of hydrogen-bond donors (Lipinski definition) is 2. The largest absolute Gasteiger partial charge is 0.349 e. The highest BCUT2D eigenvalue weighted by Gasteiger charge is 2.32. The first kappa shape index (κ1) is 15.3. The molecular formula is C15H20ClFN2O. The second kappa shape index (κ2) is 6.55. The van der Waals surface area contributed by atoms with Gasteiger partial charge in [-0.05, 0) is 44.4 Å². The molecule has 1 aliphatic carbocycles. The van der Waals surface area contributed by atoms with E-state index in [4.69, 9.17) is 17.3 Å². The number of amides is 1. The third-order valence-electron chi connectivity index (χ3n) is 4.09. The van der Waals surface area contributed by atoms with Crippen LogP contribution in [0.4, 0.5) is 4.39 Å². The molecule has 0 spiro atoms. The first-order valence-corrected chi connectivity index (χ1v) is 7.36. The van der Waals surface area contributed by atoms with Crippen molar-refractivity contribution in [1.82, 2.24) is 5.32 Å². The van der Waals surface area contributed by atoms with Gasteiger partial charge >= 0.3 is 0 Å². The molecule has 0 aliphatic heterocycles. The molecule has 3 N–H and O–H groups in total. The molecule has 1 aromatic carbocycles. The van der Waals surface area contributed by atoms with Gasteiger partial charge in [0.05, 0.1) is 6.04 Å². The summed E-state index contributed by atoms with van der Waals surface area (Å²) >= 11 is 6.01. The minimum Gasteiger partial charge on any atom is -0.349 e. The normalized spacial score (nSPS) is 23.6. The van der Waals surface area contributed by atoms with E-state index in [1.165, 1.54) is 6.07 Å². The topological polar surface area (TPSA) is 55.1 Å². The van der Waals surface area contributed by atoms with Crippen molar-refractivity contribution in [3.8, 4) is 0 Å². The Morgan fingerprint density at radius 1 is 1.55 bits per heavy atom. The molecule has 1 aliphatic rings. The highest BCUT2D eigenvalue weighted by Crippen LogP contribution is 2.32. The lowest BCUT2D eigenvalue weighted by molar-refractivity contribution is -0.126. The van der Waals surface area contributed by atoms with Gasteiger partial charge in [-0.1, -0.05) is 24.1 Å². The fourth-order valence-corrected chi connectivity index (χ4v) is 3.31. The standard InChI is InChI=1S/C15H20ClFN2O/c1-9(14-12(16)6-3-7-13(14)17)19-15(20)11-5-2-4-10(11)8-18/h3,6-7,9-11H,2,4-5,8,18H2,1H3,(H,19,20)/t9?,10-,11-/m1/s1. The van der Waals surface area contributed by atoms with Gasteiger partial charge < -0.3 is 11.1 Å². The Hall–Kier alpha value is -1.13. The second-order valence-electron chi connectivity index (χ2n) is 5.40. The zero-order valence-electron chi connectivity index (χ0n) is 11.5. The predicted molar refractivity (Wildman–Crippen MR) is 77.9 cm³/mol. The van der Waals surface area contributed by atoms with Crippen molar-refractivity contribution in [1.29, 1.82) is 0 Å². The van der Waals surface area contributed by atoms with Gasteiger partial charge in [-0.3, -0.25) is 4.79 Å². The van der Waals surface area contributed by atoms with E-state index in [9.17, 15) is 9.18 Å². The van der Waals surface area contributed by atoms with Gasteiger partial charge in [-0.15, -0.1) is 0 Å². The van der Waals surface area contributed by atoms with Crippen LogP contribution in [0.1, 0.15) is 37.8 Å². The molecule has 3 atom stereocenters. The average molecular weight is 299 g/mol. The molecule has 1 fully saturated rings. The van der Waals surface area contributed by atoms with Crippen LogP contribution in [0.2, 0.25) is 5.02 Å². The summed E-state index contributed by atoms with van der Waals surface area (Å²) in [7, 11) is 0. The zero-order valence-corrected chi connectivity index (χ0v) is 12.3. The fraction of sp³-hybridized carbons (Fsp3) is 0.533. The van der Waals surface area contributed by atoms with E-state index in [2.05, 4.69) is 5.32 Å². The minimum atomic E-state index is -0.449. The van der Waals surface area contributed by atoms with Gasteiger partial charge in [0.25, 0.3) is 0 Å². The van der Waals surface area contributed by atoms with Gasteiger partial charge in [-0.2, -0.15) is 0 Å². The molecule has 0 heterocycles. The van der Waals surface area contributed by atoms with Gasteiger partial charge in [0, 0.05) is 16.5 Å². The smallest absolute Gasteiger partial charge is 0.223 e. The van der Waals surface area contributed by atoms with E-state index in [-0.39, 0.29) is 17.7 Å². The summed E-state index contributed by atoms with van der Waals surface area (Å²) in [6.07, 6.45) is 2.86. The highest BCUT2D eigenvalue weighted by atomic mass is 35.5. The van der Waals surface area contributed by atoms with Crippen molar-refractivity contribution >= 4 is 17.5 Å². The Bertz CT molecular complexity index is 475. The molecule has 3 nitrogen and oxygen atoms in total. The van der Waals surface area contributed by atoms with Crippen LogP contribution in [0.25, 0.3) is 0 Å². The molecule has 1 aromatic rings. The van der Waals surface area contributed by atoms with E-state index < -0.39 is 11.9 Å². The minimum absolute atomic E-state index is 0.0511. The lowest BCUT2D eigenvalue weighted by Gasteiger charge is -2.22. The molecule has 110 valence electrons. The van der Waals surface area contributed by atoms with Gasteiger partial charge in [0.2, 0.25) is 5.91 Å². The number of nitrogens with one attached hydrogen (secondary N) is 1. The Kier molecular flexibility index (Phi) is 5.00. The van der Waals surface area contributed by atoms with Crippen LogP contribution in [0, 0.1) is 17.7 Å². The number of carbonyl (C=O) groups excluding carboxylic acids is 1. The lowest BCUT2D eigenvalue weighted by Crippen LogP contribution is -2.36. The third-order valence-corrected chi connectivity index (χ3v) is 4.42. The van der Waals surface area contributed by atoms with Crippen LogP contribution in [-0.2, 0) is 4.79 Å². The van der Waals surface area contributed by atoms with E-state index in [0.717, 1.165) is 19.3 Å². The van der Waals surface area contributed by atoms with E-state index in [1.54, 1.807) is 19.1 Å². The number of rotatable bonds is 4. The summed E-state index contributed by atoms with van der Waals surface area (Å²) in [5, 5.41) is 3.20. The lowest BCUT2D eigenvalue weighted by atomic mass is 9.94. The maximum atomic E-state index is 13.8. The fourth-order valence-electron chi connectivity index (χ4n) is 2.98. The van der Waals surface area contributed by atoms with E-state index in [1.807, 2.05) is 0 Å². The number of nitrogens with two attached hydrogens (primary N) is 1. The van der Waals surface area contributed by atoms with Crippen LogP contribution in [0.5, 0.6) is 0 Å². The Morgan fingerprint density at radius 3 is 2.95 bits per heavy atom. The number of halogens is 2. The molecule has 0 radical (unpaired) electrons. The number of benzene rings is 1. The van der Waals surface area contributed by atoms with Crippen molar-refractivity contribution in [2.45, 2.75) is 32.2 Å². The Morgan fingerprint density at radius 2 is 2.30 bits per heavy atom. The molecule has 1 unspecified atom stereocenters. The summed E-state index contributed by atoms with van der Waals surface area (Å²) in [5.41, 5.74) is 6.03. The highest BCUT2D eigenvalue weighted by molar-refractivity contribution is 6.31. The molecule has 0 bridgehead atoms. The van der Waals surface area contributed by atoms with Crippen molar-refractivity contribution in [3.63, 3.8) is 0 Å². The summed E-state index contributed by atoms with van der Waals surface area (Å²) in [5.74, 6) is -0.275. The number of carbonyl (C=O) groups is 1. The van der Waals surface area contributed by atoms with Crippen LogP contribution >= 0.6 is 11.6 Å². The van der Waals surface area contributed by atoms with Crippen LogP contribution in [-0.4, -0.2) is 12.5 Å². The van der Waals surface area contributed by atoms with Gasteiger partial charge in [0.1, 0.15) is 5.82 Å². The maximum absolute atomic E-state index is 13.8. The van der Waals surface area contributed by atoms with Crippen molar-refractivity contribution in [2.75, 3.05) is 6.54 Å². The number of hydrogen-bond acceptors (Lipinski definition) is 2. The van der Waals surface area contributed by atoms with Gasteiger partial charge in [-0.25, -0.2) is 4.39 Å². The quantitative estimate of drug-likeness (QED) is 0.898. The molecule has 1 amide bonds. The van der Waals surface area contributed by atoms with E-state index in [0.29, 0.717) is 17.1 Å².